The summed E-state index contributed by atoms with van der Waals surface area (Å²) in [7, 11) is 0. The Kier molecular flexibility index (Phi) is 8.73. The van der Waals surface area contributed by atoms with Crippen LogP contribution in [-0.2, 0) is 14.2 Å². The van der Waals surface area contributed by atoms with Crippen LogP contribution in [0.4, 0.5) is 0 Å². The van der Waals surface area contributed by atoms with E-state index in [1.807, 2.05) is 0 Å². The van der Waals surface area contributed by atoms with Crippen molar-refractivity contribution in [3.8, 4) is 0 Å². The van der Waals surface area contributed by atoms with Crippen molar-refractivity contribution >= 4 is 0 Å². The van der Waals surface area contributed by atoms with Crippen LogP contribution in [-0.4, -0.2) is 13.2 Å². The Hall–Kier alpha value is -1.12. The molecule has 0 spiro atoms. The van der Waals surface area contributed by atoms with E-state index >= 15 is 0 Å². The quantitative estimate of drug-likeness (QED) is 0.580. The molecule has 0 saturated heterocycles. The van der Waals surface area contributed by atoms with Crippen molar-refractivity contribution in [3.05, 3.63) is 25.0 Å². The van der Waals surface area contributed by atoms with Gasteiger partial charge in [-0.2, -0.15) is 0 Å². The molecule has 0 bridgehead atoms. The third-order valence-electron chi connectivity index (χ3n) is 1.32. The second-order valence-corrected chi connectivity index (χ2v) is 4.13. The van der Waals surface area contributed by atoms with Gasteiger partial charge in [0, 0.05) is 0 Å². The zero-order valence-electron chi connectivity index (χ0n) is 10.1. The van der Waals surface area contributed by atoms with Crippen LogP contribution in [0.25, 0.3) is 0 Å². The summed E-state index contributed by atoms with van der Waals surface area (Å²) in [6, 6.07) is 0. The molecule has 3 nitrogen and oxygen atoms in total. The summed E-state index contributed by atoms with van der Waals surface area (Å²) in [4.78, 5) is 0. The Morgan fingerprint density at radius 3 is 1.47 bits per heavy atom. The lowest BCUT2D eigenvalue weighted by atomic mass is 10.2. The van der Waals surface area contributed by atoms with Gasteiger partial charge < -0.3 is 14.2 Å². The van der Waals surface area contributed by atoms with Crippen LogP contribution < -0.4 is 0 Å². The van der Waals surface area contributed by atoms with Crippen LogP contribution in [0.15, 0.2) is 25.0 Å². The van der Waals surface area contributed by atoms with Gasteiger partial charge in [-0.1, -0.05) is 27.7 Å². The molecule has 0 radical (unpaired) electrons. The van der Waals surface area contributed by atoms with E-state index in [0.717, 1.165) is 0 Å². The van der Waals surface area contributed by atoms with Crippen LogP contribution in [0.2, 0.25) is 0 Å². The van der Waals surface area contributed by atoms with Gasteiger partial charge in [-0.25, -0.2) is 0 Å². The molecule has 0 fully saturated rings. The van der Waals surface area contributed by atoms with Gasteiger partial charge in [-0.3, -0.25) is 0 Å². The van der Waals surface area contributed by atoms with Crippen molar-refractivity contribution in [1.29, 1.82) is 0 Å². The van der Waals surface area contributed by atoms with Gasteiger partial charge in [0.05, 0.1) is 13.2 Å². The average molecular weight is 214 g/mol. The number of hydrogen-bond acceptors (Lipinski definition) is 3. The first kappa shape index (κ1) is 13.9. The summed E-state index contributed by atoms with van der Waals surface area (Å²) in [6.07, 6.45) is 6.04. The molecule has 0 aliphatic heterocycles. The molecule has 0 amide bonds. The highest BCUT2D eigenvalue weighted by molar-refractivity contribution is 4.69. The Bertz CT molecular complexity index is 163. The predicted octanol–water partition coefficient (Wildman–Crippen LogP) is 3.29. The second-order valence-electron chi connectivity index (χ2n) is 4.13. The van der Waals surface area contributed by atoms with Gasteiger partial charge in [0.2, 0.25) is 0 Å². The lowest BCUT2D eigenvalue weighted by Crippen LogP contribution is -1.96. The molecule has 0 aromatic rings. The van der Waals surface area contributed by atoms with Crippen LogP contribution in [0, 0.1) is 11.8 Å². The zero-order valence-corrected chi connectivity index (χ0v) is 10.1. The molecule has 0 unspecified atom stereocenters. The topological polar surface area (TPSA) is 27.7 Å². The molecule has 0 atom stereocenters. The van der Waals surface area contributed by atoms with Gasteiger partial charge in [0.1, 0.15) is 25.0 Å². The van der Waals surface area contributed by atoms with E-state index in [9.17, 15) is 0 Å². The van der Waals surface area contributed by atoms with Gasteiger partial charge in [0.25, 0.3) is 0 Å². The van der Waals surface area contributed by atoms with E-state index in [1.165, 1.54) is 25.0 Å². The van der Waals surface area contributed by atoms with Gasteiger partial charge >= 0.3 is 0 Å². The summed E-state index contributed by atoms with van der Waals surface area (Å²) >= 11 is 0. The molecule has 0 aromatic heterocycles. The number of hydrogen-bond donors (Lipinski definition) is 0. The van der Waals surface area contributed by atoms with Crippen molar-refractivity contribution in [2.75, 3.05) is 13.2 Å². The van der Waals surface area contributed by atoms with E-state index < -0.39 is 0 Å². The first-order chi connectivity index (χ1) is 7.13. The summed E-state index contributed by atoms with van der Waals surface area (Å²) in [5.74, 6) is 1.05. The highest BCUT2D eigenvalue weighted by atomic mass is 16.5. The lowest BCUT2D eigenvalue weighted by molar-refractivity contribution is 0.191. The van der Waals surface area contributed by atoms with Crippen molar-refractivity contribution < 1.29 is 14.2 Å². The summed E-state index contributed by atoms with van der Waals surface area (Å²) < 4.78 is 15.3. The van der Waals surface area contributed by atoms with E-state index in [2.05, 4.69) is 27.7 Å². The Balaban J connectivity index is 3.28. The molecule has 0 rings (SSSR count). The molecule has 0 heterocycles. The fourth-order valence-electron chi connectivity index (χ4n) is 0.684. The zero-order chi connectivity index (χ0) is 11.5. The van der Waals surface area contributed by atoms with Crippen molar-refractivity contribution in [2.24, 2.45) is 11.8 Å². The minimum absolute atomic E-state index is 0.527. The van der Waals surface area contributed by atoms with Crippen LogP contribution in [0.1, 0.15) is 27.7 Å². The summed E-state index contributed by atoms with van der Waals surface area (Å²) in [5.41, 5.74) is 0. The van der Waals surface area contributed by atoms with Crippen molar-refractivity contribution in [1.82, 2.24) is 0 Å². The maximum Gasteiger partial charge on any atom is 0.125 e. The summed E-state index contributed by atoms with van der Waals surface area (Å²) in [6.45, 7) is 9.77. The first-order valence-corrected chi connectivity index (χ1v) is 5.31. The van der Waals surface area contributed by atoms with Crippen molar-refractivity contribution in [2.45, 2.75) is 27.7 Å². The largest absolute Gasteiger partial charge is 0.498 e. The molecule has 0 N–H and O–H groups in total. The molecule has 88 valence electrons. The molecule has 0 saturated carbocycles. The normalized spacial score (nSPS) is 11.9. The monoisotopic (exact) mass is 214 g/mol. The lowest BCUT2D eigenvalue weighted by Gasteiger charge is -2.03. The predicted molar refractivity (Wildman–Crippen MR) is 60.9 cm³/mol. The van der Waals surface area contributed by atoms with Gasteiger partial charge in [0.15, 0.2) is 0 Å². The Labute approximate surface area is 92.7 Å². The van der Waals surface area contributed by atoms with Crippen molar-refractivity contribution in [3.63, 3.8) is 0 Å². The highest BCUT2D eigenvalue weighted by Crippen LogP contribution is 1.94. The SMILES string of the molecule is CC(C)COC=COC=COCC(C)C. The minimum Gasteiger partial charge on any atom is -0.498 e. The molecule has 0 aliphatic rings. The molecule has 3 heteroatoms. The van der Waals surface area contributed by atoms with Gasteiger partial charge in [-0.05, 0) is 11.8 Å². The van der Waals surface area contributed by atoms with E-state index in [4.69, 9.17) is 14.2 Å². The second kappa shape index (κ2) is 9.44. The molecular weight excluding hydrogens is 192 g/mol. The smallest absolute Gasteiger partial charge is 0.125 e. The average Bonchev–Trinajstić information content (AvgIpc) is 2.14. The minimum atomic E-state index is 0.527. The fourth-order valence-corrected chi connectivity index (χ4v) is 0.684. The van der Waals surface area contributed by atoms with E-state index in [-0.39, 0.29) is 0 Å². The molecule has 0 aromatic carbocycles. The van der Waals surface area contributed by atoms with E-state index in [0.29, 0.717) is 25.0 Å². The fraction of sp³-hybridized carbons (Fsp3) is 0.667. The highest BCUT2D eigenvalue weighted by Gasteiger charge is 1.89. The first-order valence-electron chi connectivity index (χ1n) is 5.31. The number of rotatable bonds is 8. The van der Waals surface area contributed by atoms with Crippen LogP contribution in [0.3, 0.4) is 0 Å². The Morgan fingerprint density at radius 1 is 0.733 bits per heavy atom. The van der Waals surface area contributed by atoms with Crippen LogP contribution in [0.5, 0.6) is 0 Å². The maximum atomic E-state index is 5.16. The molecule has 0 aliphatic carbocycles. The van der Waals surface area contributed by atoms with Crippen LogP contribution >= 0.6 is 0 Å². The number of ether oxygens (including phenoxy) is 3. The molecule has 15 heavy (non-hydrogen) atoms. The Morgan fingerprint density at radius 2 is 1.13 bits per heavy atom. The van der Waals surface area contributed by atoms with Gasteiger partial charge in [-0.15, -0.1) is 0 Å². The summed E-state index contributed by atoms with van der Waals surface area (Å²) in [5, 5.41) is 0. The third kappa shape index (κ3) is 12.9. The standard InChI is InChI=1S/C12H22O3/c1-11(2)9-14-7-5-13-6-8-15-10-12(3)4/h5-8,11-12H,9-10H2,1-4H3. The third-order valence-corrected chi connectivity index (χ3v) is 1.32. The maximum absolute atomic E-state index is 5.16. The van der Waals surface area contributed by atoms with E-state index in [1.54, 1.807) is 0 Å². The molecular formula is C12H22O3.